The lowest BCUT2D eigenvalue weighted by Gasteiger charge is -2.35. The van der Waals surface area contributed by atoms with Gasteiger partial charge in [0.2, 0.25) is 0 Å². The first kappa shape index (κ1) is 13.6. The highest BCUT2D eigenvalue weighted by atomic mass is 16.5. The van der Waals surface area contributed by atoms with Crippen LogP contribution in [0.3, 0.4) is 0 Å². The average Bonchev–Trinajstić information content (AvgIpc) is 2.39. The van der Waals surface area contributed by atoms with Gasteiger partial charge in [0.1, 0.15) is 0 Å². The molecule has 0 radical (unpaired) electrons. The van der Waals surface area contributed by atoms with Gasteiger partial charge in [-0.15, -0.1) is 0 Å². The zero-order valence-corrected chi connectivity index (χ0v) is 11.2. The molecule has 0 amide bonds. The van der Waals surface area contributed by atoms with Crippen molar-refractivity contribution in [2.24, 2.45) is 0 Å². The van der Waals surface area contributed by atoms with E-state index in [0.29, 0.717) is 6.42 Å². The maximum Gasteiger partial charge on any atom is 0.332 e. The number of ether oxygens (including phenoxy) is 1. The molecule has 0 fully saturated rings. The summed E-state index contributed by atoms with van der Waals surface area (Å²) in [5.74, 6) is -0.941. The van der Waals surface area contributed by atoms with Crippen molar-refractivity contribution in [3.8, 4) is 0 Å². The van der Waals surface area contributed by atoms with E-state index in [0.717, 1.165) is 11.1 Å². The van der Waals surface area contributed by atoms with Gasteiger partial charge in [0.15, 0.2) is 6.10 Å². The van der Waals surface area contributed by atoms with E-state index in [9.17, 15) is 4.79 Å². The van der Waals surface area contributed by atoms with Crippen LogP contribution in [0.15, 0.2) is 48.6 Å². The molecule has 0 saturated heterocycles. The number of carboxylic acids is 1. The molecule has 1 aliphatic carbocycles. The molecule has 0 aromatic heterocycles. The minimum absolute atomic E-state index is 0.603. The molecule has 2 rings (SSSR count). The van der Waals surface area contributed by atoms with Crippen LogP contribution in [-0.2, 0) is 9.53 Å². The van der Waals surface area contributed by atoms with Crippen molar-refractivity contribution in [2.45, 2.75) is 32.0 Å². The van der Waals surface area contributed by atoms with E-state index in [-0.39, 0.29) is 0 Å². The lowest BCUT2D eigenvalue weighted by atomic mass is 9.83. The third-order valence-electron chi connectivity index (χ3n) is 3.35. The number of rotatable bonds is 4. The van der Waals surface area contributed by atoms with Gasteiger partial charge >= 0.3 is 5.97 Å². The fourth-order valence-corrected chi connectivity index (χ4v) is 2.31. The molecular weight excluding hydrogens is 240 g/mol. The van der Waals surface area contributed by atoms with E-state index in [1.807, 2.05) is 55.5 Å². The lowest BCUT2D eigenvalue weighted by Crippen LogP contribution is -2.37. The maximum absolute atomic E-state index is 11.0. The third-order valence-corrected chi connectivity index (χ3v) is 3.35. The highest BCUT2D eigenvalue weighted by molar-refractivity contribution is 5.76. The first-order valence-electron chi connectivity index (χ1n) is 6.36. The van der Waals surface area contributed by atoms with Gasteiger partial charge in [0.05, 0.1) is 5.60 Å². The van der Waals surface area contributed by atoms with Gasteiger partial charge in [0.25, 0.3) is 0 Å². The molecule has 2 atom stereocenters. The third kappa shape index (κ3) is 2.93. The van der Waals surface area contributed by atoms with Gasteiger partial charge in [-0.25, -0.2) is 4.79 Å². The van der Waals surface area contributed by atoms with Crippen LogP contribution >= 0.6 is 0 Å². The van der Waals surface area contributed by atoms with Gasteiger partial charge in [-0.05, 0) is 31.4 Å². The number of hydrogen-bond acceptors (Lipinski definition) is 2. The van der Waals surface area contributed by atoms with Crippen molar-refractivity contribution in [1.82, 2.24) is 0 Å². The van der Waals surface area contributed by atoms with Crippen LogP contribution in [0, 0.1) is 0 Å². The molecule has 2 unspecified atom stereocenters. The summed E-state index contributed by atoms with van der Waals surface area (Å²) in [4.78, 5) is 11.0. The van der Waals surface area contributed by atoms with Crippen molar-refractivity contribution in [3.63, 3.8) is 0 Å². The number of aliphatic carboxylic acids is 1. The number of carboxylic acid groups (broad SMARTS) is 1. The Kier molecular flexibility index (Phi) is 3.86. The van der Waals surface area contributed by atoms with Crippen LogP contribution in [0.4, 0.5) is 0 Å². The van der Waals surface area contributed by atoms with Crippen molar-refractivity contribution in [3.05, 3.63) is 54.1 Å². The molecule has 0 bridgehead atoms. The monoisotopic (exact) mass is 258 g/mol. The lowest BCUT2D eigenvalue weighted by molar-refractivity contribution is -0.155. The van der Waals surface area contributed by atoms with Crippen LogP contribution < -0.4 is 0 Å². The minimum Gasteiger partial charge on any atom is -0.479 e. The zero-order chi connectivity index (χ0) is 13.9. The van der Waals surface area contributed by atoms with Crippen molar-refractivity contribution in [2.75, 3.05) is 0 Å². The van der Waals surface area contributed by atoms with Crippen LogP contribution in [0.1, 0.15) is 25.8 Å². The van der Waals surface area contributed by atoms with E-state index in [1.165, 1.54) is 0 Å². The normalized spacial score (nSPS) is 23.8. The van der Waals surface area contributed by atoms with E-state index in [1.54, 1.807) is 6.92 Å². The van der Waals surface area contributed by atoms with Crippen molar-refractivity contribution in [1.29, 1.82) is 0 Å². The van der Waals surface area contributed by atoms with E-state index < -0.39 is 17.7 Å². The Morgan fingerprint density at radius 2 is 2.05 bits per heavy atom. The summed E-state index contributed by atoms with van der Waals surface area (Å²) in [6.07, 6.45) is 5.82. The largest absolute Gasteiger partial charge is 0.479 e. The Labute approximate surface area is 113 Å². The summed E-state index contributed by atoms with van der Waals surface area (Å²) >= 11 is 0. The molecule has 0 aliphatic heterocycles. The fourth-order valence-electron chi connectivity index (χ4n) is 2.31. The summed E-state index contributed by atoms with van der Waals surface area (Å²) in [6, 6.07) is 9.92. The molecule has 0 heterocycles. The highest BCUT2D eigenvalue weighted by Crippen LogP contribution is 2.37. The molecule has 3 nitrogen and oxygen atoms in total. The van der Waals surface area contributed by atoms with Crippen molar-refractivity contribution >= 4 is 11.5 Å². The SMILES string of the molecule is CC(OC1(C)CC=CC=C1c1ccccc1)C(=O)O. The second-order valence-corrected chi connectivity index (χ2v) is 4.91. The van der Waals surface area contributed by atoms with Gasteiger partial charge in [-0.2, -0.15) is 0 Å². The molecule has 0 spiro atoms. The molecule has 1 aromatic rings. The zero-order valence-electron chi connectivity index (χ0n) is 11.2. The van der Waals surface area contributed by atoms with E-state index in [4.69, 9.17) is 9.84 Å². The van der Waals surface area contributed by atoms with Gasteiger partial charge < -0.3 is 9.84 Å². The van der Waals surface area contributed by atoms with E-state index in [2.05, 4.69) is 0 Å². The number of carbonyl (C=O) groups is 1. The van der Waals surface area contributed by atoms with Gasteiger partial charge in [-0.3, -0.25) is 0 Å². The minimum atomic E-state index is -0.941. The molecule has 3 heteroatoms. The molecule has 1 aromatic carbocycles. The van der Waals surface area contributed by atoms with Crippen LogP contribution in [-0.4, -0.2) is 22.8 Å². The Bertz CT molecular complexity index is 516. The highest BCUT2D eigenvalue weighted by Gasteiger charge is 2.34. The number of benzene rings is 1. The second kappa shape index (κ2) is 5.41. The molecule has 0 saturated carbocycles. The second-order valence-electron chi connectivity index (χ2n) is 4.91. The van der Waals surface area contributed by atoms with E-state index >= 15 is 0 Å². The summed E-state index contributed by atoms with van der Waals surface area (Å²) in [5.41, 5.74) is 1.48. The molecule has 100 valence electrons. The van der Waals surface area contributed by atoms with Crippen LogP contribution in [0.5, 0.6) is 0 Å². The Morgan fingerprint density at radius 1 is 1.37 bits per heavy atom. The topological polar surface area (TPSA) is 46.5 Å². The van der Waals surface area contributed by atoms with Crippen LogP contribution in [0.2, 0.25) is 0 Å². The summed E-state index contributed by atoms with van der Waals surface area (Å²) in [5, 5.41) is 9.02. The number of allylic oxidation sites excluding steroid dienone is 2. The Morgan fingerprint density at radius 3 is 2.68 bits per heavy atom. The Balaban J connectivity index is 2.31. The summed E-state index contributed by atoms with van der Waals surface area (Å²) in [6.45, 7) is 3.50. The van der Waals surface area contributed by atoms with Gasteiger partial charge in [-0.1, -0.05) is 48.6 Å². The van der Waals surface area contributed by atoms with Crippen molar-refractivity contribution < 1.29 is 14.6 Å². The molecule has 19 heavy (non-hydrogen) atoms. The summed E-state index contributed by atoms with van der Waals surface area (Å²) < 4.78 is 5.79. The average molecular weight is 258 g/mol. The standard InChI is InChI=1S/C16H18O3/c1-12(15(17)18)19-16(2)11-7-6-10-14(16)13-8-4-3-5-9-13/h3-10,12H,11H2,1-2H3,(H,17,18). The quantitative estimate of drug-likeness (QED) is 0.901. The predicted octanol–water partition coefficient (Wildman–Crippen LogP) is 3.28. The molecule has 1 aliphatic rings. The first-order chi connectivity index (χ1) is 9.03. The smallest absolute Gasteiger partial charge is 0.332 e. The maximum atomic E-state index is 11.0. The van der Waals surface area contributed by atoms with Crippen LogP contribution in [0.25, 0.3) is 5.57 Å². The predicted molar refractivity (Wildman–Crippen MR) is 74.8 cm³/mol. The summed E-state index contributed by atoms with van der Waals surface area (Å²) in [7, 11) is 0. The molecular formula is C16H18O3. The fraction of sp³-hybridized carbons (Fsp3) is 0.312. The first-order valence-corrected chi connectivity index (χ1v) is 6.36. The number of hydrogen-bond donors (Lipinski definition) is 1. The molecule has 1 N–H and O–H groups in total. The van der Waals surface area contributed by atoms with Gasteiger partial charge in [0, 0.05) is 0 Å². The Hall–Kier alpha value is -1.87.